The Kier molecular flexibility index (Phi) is 4.12. The summed E-state index contributed by atoms with van der Waals surface area (Å²) in [6.45, 7) is 0.782. The molecule has 1 N–H and O–H groups in total. The second-order valence-electron chi connectivity index (χ2n) is 3.62. The predicted octanol–water partition coefficient (Wildman–Crippen LogP) is 2.14. The van der Waals surface area contributed by atoms with Gasteiger partial charge in [0, 0.05) is 11.6 Å². The highest BCUT2D eigenvalue weighted by atomic mass is 35.5. The van der Waals surface area contributed by atoms with Gasteiger partial charge in [-0.15, -0.1) is 0 Å². The van der Waals surface area contributed by atoms with E-state index in [2.05, 4.69) is 0 Å². The number of likely N-dealkylation sites (N-methyl/N-ethyl adjacent to an activating group) is 1. The van der Waals surface area contributed by atoms with Crippen LogP contribution in [0.4, 0.5) is 0 Å². The van der Waals surface area contributed by atoms with E-state index in [1.807, 2.05) is 19.0 Å². The van der Waals surface area contributed by atoms with Gasteiger partial charge in [-0.25, -0.2) is 4.79 Å². The second-order valence-corrected chi connectivity index (χ2v) is 4.03. The van der Waals surface area contributed by atoms with Gasteiger partial charge < -0.3 is 10.0 Å². The normalized spacial score (nSPS) is 10.7. The quantitative estimate of drug-likeness (QED) is 0.857. The summed E-state index contributed by atoms with van der Waals surface area (Å²) in [7, 11) is 3.88. The highest BCUT2D eigenvalue weighted by molar-refractivity contribution is 6.31. The molecule has 0 unspecified atom stereocenters. The number of carboxylic acids is 1. The van der Waals surface area contributed by atoms with Gasteiger partial charge in [0.2, 0.25) is 0 Å². The Morgan fingerprint density at radius 1 is 1.47 bits per heavy atom. The van der Waals surface area contributed by atoms with Crippen LogP contribution in [-0.2, 0) is 6.42 Å². The van der Waals surface area contributed by atoms with Crippen LogP contribution in [0.3, 0.4) is 0 Å². The molecule has 0 aliphatic rings. The maximum atomic E-state index is 10.9. The van der Waals surface area contributed by atoms with Crippen molar-refractivity contribution in [1.82, 2.24) is 4.90 Å². The van der Waals surface area contributed by atoms with Crippen LogP contribution in [-0.4, -0.2) is 36.6 Å². The van der Waals surface area contributed by atoms with Gasteiger partial charge >= 0.3 is 5.97 Å². The summed E-state index contributed by atoms with van der Waals surface area (Å²) in [5, 5.41) is 9.51. The zero-order chi connectivity index (χ0) is 11.4. The molecule has 82 valence electrons. The van der Waals surface area contributed by atoms with Gasteiger partial charge in [0.05, 0.1) is 5.56 Å². The first kappa shape index (κ1) is 12.0. The number of rotatable bonds is 4. The lowest BCUT2D eigenvalue weighted by molar-refractivity contribution is 0.0695. The fourth-order valence-corrected chi connectivity index (χ4v) is 1.62. The molecule has 0 amide bonds. The molecule has 0 radical (unpaired) electrons. The minimum Gasteiger partial charge on any atom is -0.478 e. The van der Waals surface area contributed by atoms with Crippen LogP contribution >= 0.6 is 11.6 Å². The van der Waals surface area contributed by atoms with Crippen molar-refractivity contribution < 1.29 is 9.90 Å². The van der Waals surface area contributed by atoms with E-state index in [0.29, 0.717) is 22.6 Å². The Morgan fingerprint density at radius 2 is 2.13 bits per heavy atom. The molecule has 0 bridgehead atoms. The standard InChI is InChI=1S/C11H14ClNO2/c1-13(2)7-6-8-9(11(14)15)4-3-5-10(8)12/h3-5H,6-7H2,1-2H3,(H,14,15). The number of hydrogen-bond donors (Lipinski definition) is 1. The molecule has 15 heavy (non-hydrogen) atoms. The lowest BCUT2D eigenvalue weighted by atomic mass is 10.0. The fourth-order valence-electron chi connectivity index (χ4n) is 1.35. The van der Waals surface area contributed by atoms with Gasteiger partial charge in [-0.2, -0.15) is 0 Å². The summed E-state index contributed by atoms with van der Waals surface area (Å²) < 4.78 is 0. The molecule has 0 aromatic heterocycles. The van der Waals surface area contributed by atoms with Crippen LogP contribution in [0.25, 0.3) is 0 Å². The number of halogens is 1. The third-order valence-electron chi connectivity index (χ3n) is 2.16. The van der Waals surface area contributed by atoms with E-state index in [-0.39, 0.29) is 0 Å². The average Bonchev–Trinajstić information content (AvgIpc) is 2.15. The van der Waals surface area contributed by atoms with Crippen molar-refractivity contribution in [2.45, 2.75) is 6.42 Å². The van der Waals surface area contributed by atoms with Crippen LogP contribution in [0.15, 0.2) is 18.2 Å². The number of hydrogen-bond acceptors (Lipinski definition) is 2. The molecule has 1 aromatic carbocycles. The number of nitrogens with zero attached hydrogens (tertiary/aromatic N) is 1. The van der Waals surface area contributed by atoms with Gasteiger partial charge in [-0.3, -0.25) is 0 Å². The number of carboxylic acid groups (broad SMARTS) is 1. The van der Waals surface area contributed by atoms with E-state index in [1.165, 1.54) is 0 Å². The van der Waals surface area contributed by atoms with Crippen molar-refractivity contribution in [3.8, 4) is 0 Å². The highest BCUT2D eigenvalue weighted by Crippen LogP contribution is 2.20. The smallest absolute Gasteiger partial charge is 0.336 e. The first-order valence-electron chi connectivity index (χ1n) is 4.67. The monoisotopic (exact) mass is 227 g/mol. The topological polar surface area (TPSA) is 40.5 Å². The Morgan fingerprint density at radius 3 is 2.67 bits per heavy atom. The van der Waals surface area contributed by atoms with Crippen LogP contribution in [0.2, 0.25) is 5.02 Å². The van der Waals surface area contributed by atoms with Gasteiger partial charge in [-0.1, -0.05) is 17.7 Å². The first-order chi connectivity index (χ1) is 7.02. The van der Waals surface area contributed by atoms with Crippen molar-refractivity contribution in [3.63, 3.8) is 0 Å². The summed E-state index contributed by atoms with van der Waals surface area (Å²) in [6, 6.07) is 4.96. The van der Waals surface area contributed by atoms with E-state index in [9.17, 15) is 4.79 Å². The molecule has 3 nitrogen and oxygen atoms in total. The highest BCUT2D eigenvalue weighted by Gasteiger charge is 2.12. The third-order valence-corrected chi connectivity index (χ3v) is 2.51. The van der Waals surface area contributed by atoms with E-state index in [0.717, 1.165) is 6.54 Å². The molecule has 0 fully saturated rings. The first-order valence-corrected chi connectivity index (χ1v) is 5.05. The van der Waals surface area contributed by atoms with E-state index < -0.39 is 5.97 Å². The maximum Gasteiger partial charge on any atom is 0.336 e. The molecule has 1 rings (SSSR count). The molecule has 0 aliphatic carbocycles. The van der Waals surface area contributed by atoms with Gasteiger partial charge in [-0.05, 0) is 38.2 Å². The Balaban J connectivity index is 2.97. The molecular formula is C11H14ClNO2. The summed E-state index contributed by atoms with van der Waals surface area (Å²) in [5.74, 6) is -0.925. The second kappa shape index (κ2) is 5.14. The fraction of sp³-hybridized carbons (Fsp3) is 0.364. The lowest BCUT2D eigenvalue weighted by Crippen LogP contribution is -2.16. The largest absolute Gasteiger partial charge is 0.478 e. The predicted molar refractivity (Wildman–Crippen MR) is 60.7 cm³/mol. The van der Waals surface area contributed by atoms with Gasteiger partial charge in [0.1, 0.15) is 0 Å². The van der Waals surface area contributed by atoms with E-state index >= 15 is 0 Å². The van der Waals surface area contributed by atoms with Gasteiger partial charge in [0.25, 0.3) is 0 Å². The molecule has 0 saturated heterocycles. The molecule has 0 atom stereocenters. The van der Waals surface area contributed by atoms with Gasteiger partial charge in [0.15, 0.2) is 0 Å². The Hall–Kier alpha value is -1.06. The van der Waals surface area contributed by atoms with Crippen LogP contribution in [0, 0.1) is 0 Å². The summed E-state index contributed by atoms with van der Waals surface area (Å²) in [6.07, 6.45) is 0.647. The van der Waals surface area contributed by atoms with E-state index in [1.54, 1.807) is 18.2 Å². The zero-order valence-electron chi connectivity index (χ0n) is 8.83. The Labute approximate surface area is 94.3 Å². The molecule has 4 heteroatoms. The van der Waals surface area contributed by atoms with Crippen molar-refractivity contribution >= 4 is 17.6 Å². The Bertz CT molecular complexity index is 364. The van der Waals surface area contributed by atoms with Crippen LogP contribution in [0.1, 0.15) is 15.9 Å². The van der Waals surface area contributed by atoms with Crippen LogP contribution in [0.5, 0.6) is 0 Å². The van der Waals surface area contributed by atoms with Crippen molar-refractivity contribution in [3.05, 3.63) is 34.3 Å². The van der Waals surface area contributed by atoms with Crippen molar-refractivity contribution in [2.24, 2.45) is 0 Å². The summed E-state index contributed by atoms with van der Waals surface area (Å²) >= 11 is 5.98. The minimum atomic E-state index is -0.925. The molecule has 0 aliphatic heterocycles. The number of carbonyl (C=O) groups is 1. The summed E-state index contributed by atoms with van der Waals surface area (Å²) in [5.41, 5.74) is 1.00. The molecule has 0 saturated carbocycles. The zero-order valence-corrected chi connectivity index (χ0v) is 9.58. The van der Waals surface area contributed by atoms with Crippen molar-refractivity contribution in [1.29, 1.82) is 0 Å². The summed E-state index contributed by atoms with van der Waals surface area (Å²) in [4.78, 5) is 12.9. The van der Waals surface area contributed by atoms with Crippen LogP contribution < -0.4 is 0 Å². The van der Waals surface area contributed by atoms with Crippen molar-refractivity contribution in [2.75, 3.05) is 20.6 Å². The third kappa shape index (κ3) is 3.22. The molecular weight excluding hydrogens is 214 g/mol. The SMILES string of the molecule is CN(C)CCc1c(Cl)cccc1C(=O)O. The lowest BCUT2D eigenvalue weighted by Gasteiger charge is -2.12. The molecule has 1 aromatic rings. The number of benzene rings is 1. The molecule has 0 heterocycles. The minimum absolute atomic E-state index is 0.296. The number of aromatic carboxylic acids is 1. The average molecular weight is 228 g/mol. The van der Waals surface area contributed by atoms with E-state index in [4.69, 9.17) is 16.7 Å². The maximum absolute atomic E-state index is 10.9. The molecule has 0 spiro atoms.